The van der Waals surface area contributed by atoms with E-state index in [2.05, 4.69) is 118 Å². The van der Waals surface area contributed by atoms with Crippen LogP contribution in [-0.4, -0.2) is 37.2 Å². The summed E-state index contributed by atoms with van der Waals surface area (Å²) in [6.07, 6.45) is 89.9. The summed E-state index contributed by atoms with van der Waals surface area (Å²) in [4.78, 5) is 38.4. The molecule has 0 rings (SSSR count). The van der Waals surface area contributed by atoms with Gasteiger partial charge in [0, 0.05) is 19.3 Å². The molecule has 0 bridgehead atoms. The number of hydrogen-bond acceptors (Lipinski definition) is 6. The van der Waals surface area contributed by atoms with Crippen LogP contribution in [-0.2, 0) is 28.6 Å². The molecule has 6 nitrogen and oxygen atoms in total. The number of hydrogen-bond donors (Lipinski definition) is 0. The lowest BCUT2D eigenvalue weighted by atomic mass is 10.0. The molecule has 0 heterocycles. The summed E-state index contributed by atoms with van der Waals surface area (Å²) in [6, 6.07) is 0. The molecule has 0 saturated heterocycles. The average Bonchev–Trinajstić information content (AvgIpc) is 3.45. The third-order valence-corrected chi connectivity index (χ3v) is 14.6. The van der Waals surface area contributed by atoms with E-state index in [1.165, 1.54) is 167 Å². The monoisotopic (exact) mass is 1100 g/mol. The van der Waals surface area contributed by atoms with Crippen LogP contribution in [0.4, 0.5) is 0 Å². The molecular weight excluding hydrogens is 973 g/mol. The van der Waals surface area contributed by atoms with Crippen LogP contribution in [0.1, 0.15) is 329 Å². The molecule has 1 unspecified atom stereocenters. The molecule has 0 aliphatic carbocycles. The summed E-state index contributed by atoms with van der Waals surface area (Å²) in [7, 11) is 0. The predicted molar refractivity (Wildman–Crippen MR) is 344 cm³/mol. The van der Waals surface area contributed by atoms with Gasteiger partial charge in [0.15, 0.2) is 6.10 Å². The molecule has 0 aromatic rings. The van der Waals surface area contributed by atoms with Crippen molar-refractivity contribution in [1.29, 1.82) is 0 Å². The van der Waals surface area contributed by atoms with Crippen molar-refractivity contribution in [3.8, 4) is 0 Å². The predicted octanol–water partition coefficient (Wildman–Crippen LogP) is 23.2. The first-order valence-electron chi connectivity index (χ1n) is 33.7. The van der Waals surface area contributed by atoms with Crippen LogP contribution in [0.3, 0.4) is 0 Å². The molecule has 454 valence electrons. The summed E-state index contributed by atoms with van der Waals surface area (Å²) in [6.45, 7) is 6.44. The molecule has 1 atom stereocenters. The number of unbranched alkanes of at least 4 members (excludes halogenated alkanes) is 34. The zero-order chi connectivity index (χ0) is 57.1. The Hall–Kier alpha value is -3.67. The minimum absolute atomic E-state index is 0.0839. The van der Waals surface area contributed by atoms with Gasteiger partial charge in [0.05, 0.1) is 0 Å². The molecule has 0 amide bonds. The van der Waals surface area contributed by atoms with Crippen LogP contribution in [0.15, 0.2) is 97.2 Å². The second kappa shape index (κ2) is 66.8. The zero-order valence-corrected chi connectivity index (χ0v) is 52.1. The number of carbonyl (C=O) groups is 3. The molecule has 0 saturated carbocycles. The number of rotatable bonds is 61. The lowest BCUT2D eigenvalue weighted by molar-refractivity contribution is -0.167. The maximum Gasteiger partial charge on any atom is 0.306 e. The molecule has 0 aromatic carbocycles. The Kier molecular flexibility index (Phi) is 63.7. The van der Waals surface area contributed by atoms with Crippen molar-refractivity contribution in [3.05, 3.63) is 97.2 Å². The first kappa shape index (κ1) is 75.3. The fraction of sp³-hybridized carbons (Fsp3) is 0.740. The van der Waals surface area contributed by atoms with Crippen LogP contribution >= 0.6 is 0 Å². The third kappa shape index (κ3) is 65.0. The van der Waals surface area contributed by atoms with Crippen molar-refractivity contribution >= 4 is 17.9 Å². The Morgan fingerprint density at radius 2 is 0.494 bits per heavy atom. The zero-order valence-electron chi connectivity index (χ0n) is 52.1. The Morgan fingerprint density at radius 3 is 0.772 bits per heavy atom. The topological polar surface area (TPSA) is 78.9 Å². The van der Waals surface area contributed by atoms with E-state index in [1.807, 2.05) is 0 Å². The summed E-state index contributed by atoms with van der Waals surface area (Å²) >= 11 is 0. The van der Waals surface area contributed by atoms with Gasteiger partial charge in [-0.2, -0.15) is 0 Å². The highest BCUT2D eigenvalue weighted by molar-refractivity contribution is 5.71. The van der Waals surface area contributed by atoms with Gasteiger partial charge in [-0.25, -0.2) is 0 Å². The van der Waals surface area contributed by atoms with Crippen molar-refractivity contribution in [1.82, 2.24) is 0 Å². The largest absolute Gasteiger partial charge is 0.462 e. The van der Waals surface area contributed by atoms with Gasteiger partial charge in [-0.15, -0.1) is 0 Å². The van der Waals surface area contributed by atoms with Crippen molar-refractivity contribution < 1.29 is 28.6 Å². The minimum Gasteiger partial charge on any atom is -0.462 e. The quantitative estimate of drug-likeness (QED) is 0.0261. The molecule has 0 fully saturated rings. The van der Waals surface area contributed by atoms with Crippen molar-refractivity contribution in [2.75, 3.05) is 13.2 Å². The van der Waals surface area contributed by atoms with E-state index in [9.17, 15) is 14.4 Å². The molecule has 79 heavy (non-hydrogen) atoms. The third-order valence-electron chi connectivity index (χ3n) is 14.6. The summed E-state index contributed by atoms with van der Waals surface area (Å²) in [5, 5.41) is 0. The standard InChI is InChI=1S/C73H126O6/c1-4-7-10-13-16-19-22-25-28-31-32-33-34-35-36-37-38-39-40-43-45-48-51-54-57-60-63-66-72(75)78-69-70(79-73(76)67-64-61-58-55-52-49-46-42-30-27-24-21-18-15-12-9-6-3)68-77-71(74)65-62-59-56-53-50-47-44-41-29-26-23-20-17-14-11-8-5-2/h7,9-10,12,16,18-19,21,25,27-28,30,32-33,46,49,70H,4-6,8,11,13-15,17,20,22-24,26,29,31,34-45,47-48,50-69H2,1-3H3/b10-7-,12-9-,19-16-,21-18-,28-25-,30-27-,33-32-,49-46-. The van der Waals surface area contributed by atoms with Gasteiger partial charge >= 0.3 is 17.9 Å². The maximum absolute atomic E-state index is 12.9. The SMILES string of the molecule is CC/C=C\C/C=C\C/C=C\C/C=C\CCCCCCCCCCCCCCCCC(=O)OCC(COC(=O)CCCCCCCCCCCCCCCCCCC)OC(=O)CCCCCC/C=C\C/C=C\C/C=C\C/C=C\CC. The van der Waals surface area contributed by atoms with Crippen molar-refractivity contribution in [2.24, 2.45) is 0 Å². The number of ether oxygens (including phenoxy) is 3. The number of esters is 3. The highest BCUT2D eigenvalue weighted by Gasteiger charge is 2.19. The summed E-state index contributed by atoms with van der Waals surface area (Å²) in [5.41, 5.74) is 0. The van der Waals surface area contributed by atoms with E-state index in [1.54, 1.807) is 0 Å². The second-order valence-electron chi connectivity index (χ2n) is 22.3. The van der Waals surface area contributed by atoms with E-state index >= 15 is 0 Å². The van der Waals surface area contributed by atoms with Crippen LogP contribution in [0.25, 0.3) is 0 Å². The molecule has 6 heteroatoms. The first-order chi connectivity index (χ1) is 39.0. The van der Waals surface area contributed by atoms with Crippen LogP contribution < -0.4 is 0 Å². The highest BCUT2D eigenvalue weighted by atomic mass is 16.6. The Bertz CT molecular complexity index is 1540. The maximum atomic E-state index is 12.9. The van der Waals surface area contributed by atoms with E-state index in [0.717, 1.165) is 122 Å². The van der Waals surface area contributed by atoms with E-state index in [4.69, 9.17) is 14.2 Å². The van der Waals surface area contributed by atoms with Gasteiger partial charge < -0.3 is 14.2 Å². The Labute approximate surface area is 489 Å². The van der Waals surface area contributed by atoms with Gasteiger partial charge in [-0.1, -0.05) is 311 Å². The van der Waals surface area contributed by atoms with Gasteiger partial charge in [0.1, 0.15) is 13.2 Å². The lowest BCUT2D eigenvalue weighted by Gasteiger charge is -2.18. The molecular formula is C73H126O6. The van der Waals surface area contributed by atoms with E-state index < -0.39 is 6.10 Å². The first-order valence-corrected chi connectivity index (χ1v) is 33.7. The number of allylic oxidation sites excluding steroid dienone is 16. The van der Waals surface area contributed by atoms with Crippen molar-refractivity contribution in [2.45, 2.75) is 335 Å². The van der Waals surface area contributed by atoms with Crippen LogP contribution in [0.5, 0.6) is 0 Å². The molecule has 0 radical (unpaired) electrons. The van der Waals surface area contributed by atoms with Gasteiger partial charge in [-0.05, 0) is 96.3 Å². The summed E-state index contributed by atoms with van der Waals surface area (Å²) < 4.78 is 17.0. The van der Waals surface area contributed by atoms with E-state index in [0.29, 0.717) is 19.3 Å². The fourth-order valence-corrected chi connectivity index (χ4v) is 9.60. The van der Waals surface area contributed by atoms with E-state index in [-0.39, 0.29) is 31.1 Å². The Balaban J connectivity index is 4.32. The smallest absolute Gasteiger partial charge is 0.306 e. The molecule has 0 aliphatic rings. The second-order valence-corrected chi connectivity index (χ2v) is 22.3. The average molecular weight is 1100 g/mol. The molecule has 0 spiro atoms. The minimum atomic E-state index is -0.791. The van der Waals surface area contributed by atoms with Crippen LogP contribution in [0, 0.1) is 0 Å². The van der Waals surface area contributed by atoms with Gasteiger partial charge in [0.25, 0.3) is 0 Å². The lowest BCUT2D eigenvalue weighted by Crippen LogP contribution is -2.30. The summed E-state index contributed by atoms with van der Waals surface area (Å²) in [5.74, 6) is -0.893. The van der Waals surface area contributed by atoms with Gasteiger partial charge in [0.2, 0.25) is 0 Å². The van der Waals surface area contributed by atoms with Crippen LogP contribution in [0.2, 0.25) is 0 Å². The molecule has 0 aliphatic heterocycles. The van der Waals surface area contributed by atoms with Gasteiger partial charge in [-0.3, -0.25) is 14.4 Å². The van der Waals surface area contributed by atoms with Crippen molar-refractivity contribution in [3.63, 3.8) is 0 Å². The molecule has 0 aromatic heterocycles. The fourth-order valence-electron chi connectivity index (χ4n) is 9.60. The normalized spacial score (nSPS) is 12.7. The molecule has 0 N–H and O–H groups in total. The Morgan fingerprint density at radius 1 is 0.266 bits per heavy atom. The number of carbonyl (C=O) groups excluding carboxylic acids is 3. The highest BCUT2D eigenvalue weighted by Crippen LogP contribution is 2.17.